The van der Waals surface area contributed by atoms with E-state index in [9.17, 15) is 4.79 Å². The first-order chi connectivity index (χ1) is 8.10. The van der Waals surface area contributed by atoms with E-state index in [4.69, 9.17) is 0 Å². The summed E-state index contributed by atoms with van der Waals surface area (Å²) in [7, 11) is 0. The number of nitrogens with one attached hydrogen (secondary N) is 2. The minimum atomic E-state index is 0.0426. The van der Waals surface area contributed by atoms with E-state index in [1.807, 2.05) is 0 Å². The summed E-state index contributed by atoms with van der Waals surface area (Å²) < 4.78 is 0. The average Bonchev–Trinajstić information content (AvgIpc) is 2.30. The molecule has 1 amide bonds. The highest BCUT2D eigenvalue weighted by Crippen LogP contribution is 1.99. The molecule has 4 nitrogen and oxygen atoms in total. The molecule has 0 aliphatic rings. The maximum atomic E-state index is 10.7. The van der Waals surface area contributed by atoms with Crippen LogP contribution in [0.25, 0.3) is 0 Å². The molecule has 0 aliphatic carbocycles. The molecule has 4 heteroatoms. The molecule has 0 aromatic carbocycles. The van der Waals surface area contributed by atoms with Gasteiger partial charge in [-0.05, 0) is 39.4 Å². The molecule has 0 fully saturated rings. The lowest BCUT2D eigenvalue weighted by atomic mass is 10.1. The molecular weight excluding hydrogens is 214 g/mol. The van der Waals surface area contributed by atoms with Crippen LogP contribution in [-0.2, 0) is 4.79 Å². The lowest BCUT2D eigenvalue weighted by Crippen LogP contribution is -2.35. The second-order valence-electron chi connectivity index (χ2n) is 4.51. The van der Waals surface area contributed by atoms with Crippen molar-refractivity contribution in [3.8, 4) is 0 Å². The molecule has 0 heterocycles. The van der Waals surface area contributed by atoms with Crippen molar-refractivity contribution in [3.05, 3.63) is 0 Å². The second kappa shape index (κ2) is 10.5. The number of rotatable bonds is 10. The topological polar surface area (TPSA) is 44.4 Å². The Bertz CT molecular complexity index is 193. The molecule has 0 aromatic heterocycles. The van der Waals surface area contributed by atoms with Crippen LogP contribution in [0.1, 0.15) is 40.5 Å². The van der Waals surface area contributed by atoms with Crippen molar-refractivity contribution < 1.29 is 4.79 Å². The van der Waals surface area contributed by atoms with Gasteiger partial charge in [-0.25, -0.2) is 0 Å². The van der Waals surface area contributed by atoms with Gasteiger partial charge in [-0.2, -0.15) is 0 Å². The van der Waals surface area contributed by atoms with Gasteiger partial charge >= 0.3 is 0 Å². The minimum Gasteiger partial charge on any atom is -0.355 e. The van der Waals surface area contributed by atoms with E-state index >= 15 is 0 Å². The van der Waals surface area contributed by atoms with Crippen molar-refractivity contribution >= 4 is 5.91 Å². The number of amides is 1. The molecule has 0 saturated carbocycles. The summed E-state index contributed by atoms with van der Waals surface area (Å²) in [5, 5.41) is 6.20. The van der Waals surface area contributed by atoms with Gasteiger partial charge in [0.25, 0.3) is 0 Å². The Morgan fingerprint density at radius 2 is 1.88 bits per heavy atom. The molecule has 0 aliphatic heterocycles. The molecule has 17 heavy (non-hydrogen) atoms. The highest BCUT2D eigenvalue weighted by Gasteiger charge is 2.03. The SMILES string of the molecule is CCN(CC)CCCC(C)NCCNC(C)=O. The molecule has 0 radical (unpaired) electrons. The smallest absolute Gasteiger partial charge is 0.216 e. The van der Waals surface area contributed by atoms with Crippen LogP contribution in [0.15, 0.2) is 0 Å². The zero-order valence-corrected chi connectivity index (χ0v) is 11.9. The van der Waals surface area contributed by atoms with Crippen LogP contribution < -0.4 is 10.6 Å². The zero-order valence-electron chi connectivity index (χ0n) is 11.9. The Labute approximate surface area is 106 Å². The maximum absolute atomic E-state index is 10.7. The summed E-state index contributed by atoms with van der Waals surface area (Å²) in [6, 6.07) is 0.527. The van der Waals surface area contributed by atoms with Crippen LogP contribution in [0, 0.1) is 0 Å². The van der Waals surface area contributed by atoms with E-state index in [0.717, 1.165) is 26.2 Å². The fraction of sp³-hybridized carbons (Fsp3) is 0.923. The molecule has 1 unspecified atom stereocenters. The van der Waals surface area contributed by atoms with Gasteiger partial charge in [0.15, 0.2) is 0 Å². The highest BCUT2D eigenvalue weighted by molar-refractivity contribution is 5.72. The lowest BCUT2D eigenvalue weighted by molar-refractivity contribution is -0.118. The predicted octanol–water partition coefficient (Wildman–Crippen LogP) is 1.22. The molecule has 0 spiro atoms. The quantitative estimate of drug-likeness (QED) is 0.567. The third-order valence-corrected chi connectivity index (χ3v) is 3.00. The molecule has 0 saturated heterocycles. The Morgan fingerprint density at radius 1 is 1.24 bits per heavy atom. The van der Waals surface area contributed by atoms with Crippen molar-refractivity contribution in [2.45, 2.75) is 46.6 Å². The summed E-state index contributed by atoms with van der Waals surface area (Å²) in [6.07, 6.45) is 2.42. The standard InChI is InChI=1S/C13H29N3O/c1-5-16(6-2)11-7-8-12(3)14-9-10-15-13(4)17/h12,14H,5-11H2,1-4H3,(H,15,17). The van der Waals surface area contributed by atoms with E-state index in [0.29, 0.717) is 6.04 Å². The fourth-order valence-electron chi connectivity index (χ4n) is 1.82. The molecule has 0 aromatic rings. The number of hydrogen-bond donors (Lipinski definition) is 2. The molecule has 102 valence electrons. The van der Waals surface area contributed by atoms with Gasteiger partial charge in [0.1, 0.15) is 0 Å². The predicted molar refractivity (Wildman–Crippen MR) is 73.2 cm³/mol. The van der Waals surface area contributed by atoms with Crippen LogP contribution >= 0.6 is 0 Å². The lowest BCUT2D eigenvalue weighted by Gasteiger charge is -2.19. The fourth-order valence-corrected chi connectivity index (χ4v) is 1.82. The largest absolute Gasteiger partial charge is 0.355 e. The average molecular weight is 243 g/mol. The molecule has 2 N–H and O–H groups in total. The number of carbonyl (C=O) groups excluding carboxylic acids is 1. The Kier molecular flexibility index (Phi) is 10.2. The van der Waals surface area contributed by atoms with Gasteiger partial charge in [0, 0.05) is 26.1 Å². The molecule has 0 bridgehead atoms. The Morgan fingerprint density at radius 3 is 2.41 bits per heavy atom. The van der Waals surface area contributed by atoms with Gasteiger partial charge < -0.3 is 15.5 Å². The summed E-state index contributed by atoms with van der Waals surface area (Å²) in [5.41, 5.74) is 0. The monoisotopic (exact) mass is 243 g/mol. The van der Waals surface area contributed by atoms with Gasteiger partial charge in [0.2, 0.25) is 5.91 Å². The van der Waals surface area contributed by atoms with Crippen LogP contribution in [-0.4, -0.2) is 49.6 Å². The first kappa shape index (κ1) is 16.4. The van der Waals surface area contributed by atoms with Gasteiger partial charge in [-0.1, -0.05) is 13.8 Å². The van der Waals surface area contributed by atoms with E-state index in [2.05, 4.69) is 36.3 Å². The first-order valence-corrected chi connectivity index (χ1v) is 6.80. The van der Waals surface area contributed by atoms with E-state index in [-0.39, 0.29) is 5.91 Å². The third-order valence-electron chi connectivity index (χ3n) is 3.00. The normalized spacial score (nSPS) is 12.8. The highest BCUT2D eigenvalue weighted by atomic mass is 16.1. The Hall–Kier alpha value is -0.610. The second-order valence-corrected chi connectivity index (χ2v) is 4.51. The van der Waals surface area contributed by atoms with Crippen molar-refractivity contribution in [1.29, 1.82) is 0 Å². The zero-order chi connectivity index (χ0) is 13.1. The molecular formula is C13H29N3O. The first-order valence-electron chi connectivity index (χ1n) is 6.80. The van der Waals surface area contributed by atoms with Gasteiger partial charge in [-0.15, -0.1) is 0 Å². The van der Waals surface area contributed by atoms with Crippen molar-refractivity contribution in [2.24, 2.45) is 0 Å². The van der Waals surface area contributed by atoms with Gasteiger partial charge in [-0.3, -0.25) is 4.79 Å². The van der Waals surface area contributed by atoms with Crippen molar-refractivity contribution in [2.75, 3.05) is 32.7 Å². The summed E-state index contributed by atoms with van der Waals surface area (Å²) >= 11 is 0. The van der Waals surface area contributed by atoms with E-state index in [1.165, 1.54) is 19.4 Å². The molecule has 1 atom stereocenters. The van der Waals surface area contributed by atoms with Crippen LogP contribution in [0.5, 0.6) is 0 Å². The maximum Gasteiger partial charge on any atom is 0.216 e. The van der Waals surface area contributed by atoms with Crippen LogP contribution in [0.3, 0.4) is 0 Å². The summed E-state index contributed by atoms with van der Waals surface area (Å²) in [6.45, 7) is 13.2. The van der Waals surface area contributed by atoms with Crippen LogP contribution in [0.2, 0.25) is 0 Å². The molecule has 0 rings (SSSR count). The van der Waals surface area contributed by atoms with Crippen molar-refractivity contribution in [1.82, 2.24) is 15.5 Å². The van der Waals surface area contributed by atoms with E-state index < -0.39 is 0 Å². The van der Waals surface area contributed by atoms with Crippen LogP contribution in [0.4, 0.5) is 0 Å². The summed E-state index contributed by atoms with van der Waals surface area (Å²) in [5.74, 6) is 0.0426. The number of hydrogen-bond acceptors (Lipinski definition) is 3. The van der Waals surface area contributed by atoms with Crippen molar-refractivity contribution in [3.63, 3.8) is 0 Å². The Balaban J connectivity index is 3.39. The van der Waals surface area contributed by atoms with E-state index in [1.54, 1.807) is 6.92 Å². The summed E-state index contributed by atoms with van der Waals surface area (Å²) in [4.78, 5) is 13.1. The minimum absolute atomic E-state index is 0.0426. The van der Waals surface area contributed by atoms with Gasteiger partial charge in [0.05, 0.1) is 0 Å². The number of nitrogens with zero attached hydrogens (tertiary/aromatic N) is 1. The third kappa shape index (κ3) is 10.3. The number of carbonyl (C=O) groups is 1.